The van der Waals surface area contributed by atoms with Crippen LogP contribution < -0.4 is 0 Å². The highest BCUT2D eigenvalue weighted by Crippen LogP contribution is 2.43. The Morgan fingerprint density at radius 2 is 1.66 bits per heavy atom. The minimum atomic E-state index is 0.0459. The van der Waals surface area contributed by atoms with Gasteiger partial charge in [0, 0.05) is 34.5 Å². The number of hydrogen-bond acceptors (Lipinski definition) is 1. The number of aromatic nitrogens is 1. The molecule has 4 aromatic rings. The van der Waals surface area contributed by atoms with E-state index >= 15 is 0 Å². The van der Waals surface area contributed by atoms with Gasteiger partial charge in [-0.05, 0) is 35.7 Å². The SMILES string of the molecule is O=C1CC[C@@H](c2c(-c3ccc(Cl)cc3)[nH]c3ccccc23)N1Cc1ccccc1. The molecule has 1 atom stereocenters. The van der Waals surface area contributed by atoms with E-state index in [2.05, 4.69) is 35.3 Å². The van der Waals surface area contributed by atoms with Gasteiger partial charge in [-0.1, -0.05) is 72.3 Å². The van der Waals surface area contributed by atoms with Crippen LogP contribution in [0.15, 0.2) is 78.9 Å². The van der Waals surface area contributed by atoms with E-state index < -0.39 is 0 Å². The third-order valence-electron chi connectivity index (χ3n) is 5.74. The number of fused-ring (bicyclic) bond motifs is 1. The molecule has 0 bridgehead atoms. The fraction of sp³-hybridized carbons (Fsp3) is 0.160. The highest BCUT2D eigenvalue weighted by Gasteiger charge is 2.35. The molecule has 5 rings (SSSR count). The Labute approximate surface area is 174 Å². The number of nitrogens with one attached hydrogen (secondary N) is 1. The van der Waals surface area contributed by atoms with E-state index in [1.54, 1.807) is 0 Å². The number of carbonyl (C=O) groups is 1. The second kappa shape index (κ2) is 7.41. The molecule has 4 heteroatoms. The van der Waals surface area contributed by atoms with Gasteiger partial charge in [0.25, 0.3) is 0 Å². The monoisotopic (exact) mass is 400 g/mol. The molecule has 0 radical (unpaired) electrons. The lowest BCUT2D eigenvalue weighted by Crippen LogP contribution is -2.27. The van der Waals surface area contributed by atoms with Crippen LogP contribution in [-0.4, -0.2) is 15.8 Å². The van der Waals surface area contributed by atoms with Crippen molar-refractivity contribution < 1.29 is 4.79 Å². The molecule has 1 N–H and O–H groups in total. The van der Waals surface area contributed by atoms with Crippen molar-refractivity contribution in [2.24, 2.45) is 0 Å². The summed E-state index contributed by atoms with van der Waals surface area (Å²) >= 11 is 6.11. The Bertz CT molecular complexity index is 1160. The second-order valence-corrected chi connectivity index (χ2v) is 7.96. The molecule has 0 unspecified atom stereocenters. The van der Waals surface area contributed by atoms with Crippen molar-refractivity contribution in [1.29, 1.82) is 0 Å². The van der Waals surface area contributed by atoms with Crippen molar-refractivity contribution in [3.8, 4) is 11.3 Å². The van der Waals surface area contributed by atoms with Crippen LogP contribution >= 0.6 is 11.6 Å². The molecule has 1 aromatic heterocycles. The fourth-order valence-electron chi connectivity index (χ4n) is 4.37. The van der Waals surface area contributed by atoms with Crippen LogP contribution in [0.5, 0.6) is 0 Å². The molecular formula is C25H21ClN2O. The van der Waals surface area contributed by atoms with Crippen LogP contribution in [0.4, 0.5) is 0 Å². The largest absolute Gasteiger partial charge is 0.354 e. The summed E-state index contributed by atoms with van der Waals surface area (Å²) < 4.78 is 0. The van der Waals surface area contributed by atoms with Gasteiger partial charge in [-0.25, -0.2) is 0 Å². The standard InChI is InChI=1S/C25H21ClN2O/c26-19-12-10-18(11-13-19)25-24(20-8-4-5-9-21(20)27-25)22-14-15-23(29)28(22)16-17-6-2-1-3-7-17/h1-13,22,27H,14-16H2/t22-/m0/s1. The highest BCUT2D eigenvalue weighted by atomic mass is 35.5. The number of benzene rings is 3. The van der Waals surface area contributed by atoms with Crippen LogP contribution in [0.3, 0.4) is 0 Å². The molecule has 29 heavy (non-hydrogen) atoms. The average Bonchev–Trinajstić information content (AvgIpc) is 3.30. The number of amides is 1. The van der Waals surface area contributed by atoms with E-state index in [1.807, 2.05) is 53.4 Å². The number of halogens is 1. The van der Waals surface area contributed by atoms with Crippen molar-refractivity contribution in [3.05, 3.63) is 95.0 Å². The van der Waals surface area contributed by atoms with Crippen molar-refractivity contribution in [2.75, 3.05) is 0 Å². The molecule has 0 saturated carbocycles. The predicted octanol–water partition coefficient (Wildman–Crippen LogP) is 6.35. The molecule has 1 amide bonds. The highest BCUT2D eigenvalue weighted by molar-refractivity contribution is 6.30. The van der Waals surface area contributed by atoms with Crippen LogP contribution in [-0.2, 0) is 11.3 Å². The summed E-state index contributed by atoms with van der Waals surface area (Å²) in [6, 6.07) is 26.5. The summed E-state index contributed by atoms with van der Waals surface area (Å²) in [5.41, 5.74) is 5.59. The summed E-state index contributed by atoms with van der Waals surface area (Å²) in [4.78, 5) is 18.4. The zero-order chi connectivity index (χ0) is 19.8. The van der Waals surface area contributed by atoms with Crippen molar-refractivity contribution in [2.45, 2.75) is 25.4 Å². The quantitative estimate of drug-likeness (QED) is 0.425. The number of H-pyrrole nitrogens is 1. The number of hydrogen-bond donors (Lipinski definition) is 1. The lowest BCUT2D eigenvalue weighted by Gasteiger charge is -2.26. The molecule has 0 aliphatic carbocycles. The first kappa shape index (κ1) is 18.0. The summed E-state index contributed by atoms with van der Waals surface area (Å²) in [7, 11) is 0. The lowest BCUT2D eigenvalue weighted by atomic mass is 9.97. The van der Waals surface area contributed by atoms with Gasteiger partial charge in [0.05, 0.1) is 11.7 Å². The van der Waals surface area contributed by atoms with E-state index in [4.69, 9.17) is 11.6 Å². The van der Waals surface area contributed by atoms with Gasteiger partial charge in [-0.3, -0.25) is 4.79 Å². The van der Waals surface area contributed by atoms with Gasteiger partial charge in [-0.2, -0.15) is 0 Å². The predicted molar refractivity (Wildman–Crippen MR) is 118 cm³/mol. The second-order valence-electron chi connectivity index (χ2n) is 7.53. The number of aromatic amines is 1. The first-order chi connectivity index (χ1) is 14.2. The third kappa shape index (κ3) is 3.32. The first-order valence-electron chi connectivity index (χ1n) is 9.90. The first-order valence-corrected chi connectivity index (χ1v) is 10.3. The molecule has 0 spiro atoms. The normalized spacial score (nSPS) is 16.7. The number of nitrogens with zero attached hydrogens (tertiary/aromatic N) is 1. The van der Waals surface area contributed by atoms with E-state index in [0.29, 0.717) is 18.0 Å². The molecule has 1 aliphatic heterocycles. The minimum absolute atomic E-state index is 0.0459. The average molecular weight is 401 g/mol. The fourth-order valence-corrected chi connectivity index (χ4v) is 4.49. The lowest BCUT2D eigenvalue weighted by molar-refractivity contribution is -0.129. The topological polar surface area (TPSA) is 36.1 Å². The van der Waals surface area contributed by atoms with Gasteiger partial charge in [0.15, 0.2) is 0 Å². The van der Waals surface area contributed by atoms with Crippen molar-refractivity contribution >= 4 is 28.4 Å². The van der Waals surface area contributed by atoms with Crippen molar-refractivity contribution in [1.82, 2.24) is 9.88 Å². The summed E-state index contributed by atoms with van der Waals surface area (Å²) in [5.74, 6) is 0.214. The van der Waals surface area contributed by atoms with Gasteiger partial charge >= 0.3 is 0 Å². The molecule has 1 saturated heterocycles. The van der Waals surface area contributed by atoms with Gasteiger partial charge < -0.3 is 9.88 Å². The Balaban J connectivity index is 1.64. The maximum absolute atomic E-state index is 12.8. The summed E-state index contributed by atoms with van der Waals surface area (Å²) in [6.07, 6.45) is 1.41. The van der Waals surface area contributed by atoms with Gasteiger partial charge in [0.1, 0.15) is 0 Å². The van der Waals surface area contributed by atoms with Crippen LogP contribution in [0.2, 0.25) is 5.02 Å². The van der Waals surface area contributed by atoms with Gasteiger partial charge in [-0.15, -0.1) is 0 Å². The van der Waals surface area contributed by atoms with Crippen molar-refractivity contribution in [3.63, 3.8) is 0 Å². The number of rotatable bonds is 4. The smallest absolute Gasteiger partial charge is 0.223 e. The maximum atomic E-state index is 12.8. The van der Waals surface area contributed by atoms with E-state index in [1.165, 1.54) is 10.9 Å². The maximum Gasteiger partial charge on any atom is 0.223 e. The number of likely N-dealkylation sites (tertiary alicyclic amines) is 1. The van der Waals surface area contributed by atoms with Crippen LogP contribution in [0.1, 0.15) is 30.0 Å². The molecule has 144 valence electrons. The van der Waals surface area contributed by atoms with E-state index in [9.17, 15) is 4.79 Å². The molecule has 2 heterocycles. The molecule has 3 aromatic carbocycles. The van der Waals surface area contributed by atoms with Gasteiger partial charge in [0.2, 0.25) is 5.91 Å². The Morgan fingerprint density at radius 3 is 2.45 bits per heavy atom. The van der Waals surface area contributed by atoms with E-state index in [0.717, 1.165) is 28.8 Å². The summed E-state index contributed by atoms with van der Waals surface area (Å²) in [6.45, 7) is 0.629. The Hall–Kier alpha value is -3.04. The third-order valence-corrected chi connectivity index (χ3v) is 5.99. The minimum Gasteiger partial charge on any atom is -0.354 e. The Kier molecular flexibility index (Phi) is 4.61. The molecular weight excluding hydrogens is 380 g/mol. The number of carbonyl (C=O) groups excluding carboxylic acids is 1. The Morgan fingerprint density at radius 1 is 0.931 bits per heavy atom. The molecule has 1 fully saturated rings. The molecule has 3 nitrogen and oxygen atoms in total. The molecule has 1 aliphatic rings. The number of para-hydroxylation sites is 1. The zero-order valence-electron chi connectivity index (χ0n) is 15.9. The van der Waals surface area contributed by atoms with Crippen LogP contribution in [0, 0.1) is 0 Å². The summed E-state index contributed by atoms with van der Waals surface area (Å²) in [5, 5.41) is 1.89. The van der Waals surface area contributed by atoms with Crippen LogP contribution in [0.25, 0.3) is 22.2 Å². The zero-order valence-corrected chi connectivity index (χ0v) is 16.7. The van der Waals surface area contributed by atoms with E-state index in [-0.39, 0.29) is 11.9 Å².